The van der Waals surface area contributed by atoms with Gasteiger partial charge in [0.2, 0.25) is 0 Å². The zero-order chi connectivity index (χ0) is 20.9. The Morgan fingerprint density at radius 1 is 0.581 bits per heavy atom. The highest BCUT2D eigenvalue weighted by atomic mass is 28.3. The first kappa shape index (κ1) is 20.5. The molecule has 2 aliphatic carbocycles. The molecule has 5 rings (SSSR count). The molecule has 31 heavy (non-hydrogen) atoms. The number of hydrogen-bond acceptors (Lipinski definition) is 0. The topological polar surface area (TPSA) is 0 Å². The lowest BCUT2D eigenvalue weighted by molar-refractivity contribution is 0.431. The van der Waals surface area contributed by atoms with Crippen LogP contribution >= 0.6 is 0 Å². The highest BCUT2D eigenvalue weighted by molar-refractivity contribution is 6.78. The van der Waals surface area contributed by atoms with Crippen molar-refractivity contribution in [2.45, 2.75) is 43.4 Å². The van der Waals surface area contributed by atoms with Crippen LogP contribution in [-0.2, 0) is 18.1 Å². The van der Waals surface area contributed by atoms with E-state index in [-0.39, 0.29) is 0 Å². The fourth-order valence-corrected chi connectivity index (χ4v) is 11.5. The standard InChI is InChI=1S/C30H34Si/c1-4-10-25(11-5-1)22-31(23-26-12-6-2-7-13-26,24-27-14-8-3-9-15-27)19-18-30-21-28-16-17-29(30)20-28/h1-17,28-30H,18-24H2. The molecule has 1 saturated carbocycles. The van der Waals surface area contributed by atoms with E-state index in [9.17, 15) is 0 Å². The van der Waals surface area contributed by atoms with E-state index in [0.29, 0.717) is 0 Å². The number of allylic oxidation sites excluding steroid dienone is 2. The van der Waals surface area contributed by atoms with Crippen molar-refractivity contribution in [1.29, 1.82) is 0 Å². The molecule has 158 valence electrons. The van der Waals surface area contributed by atoms with Crippen molar-refractivity contribution in [3.05, 3.63) is 120 Å². The SMILES string of the molecule is C1=CC2CC1CC2CC[Si](Cc1ccccc1)(Cc1ccccc1)Cc1ccccc1. The summed E-state index contributed by atoms with van der Waals surface area (Å²) >= 11 is 0. The molecule has 2 aliphatic rings. The summed E-state index contributed by atoms with van der Waals surface area (Å²) in [6.45, 7) is 0. The first-order chi connectivity index (χ1) is 15.3. The molecule has 0 aliphatic heterocycles. The first-order valence-corrected chi connectivity index (χ1v) is 14.9. The van der Waals surface area contributed by atoms with Gasteiger partial charge < -0.3 is 0 Å². The van der Waals surface area contributed by atoms with Crippen LogP contribution in [0.4, 0.5) is 0 Å². The van der Waals surface area contributed by atoms with Gasteiger partial charge in [0.15, 0.2) is 0 Å². The fraction of sp³-hybridized carbons (Fsp3) is 0.333. The van der Waals surface area contributed by atoms with Gasteiger partial charge >= 0.3 is 0 Å². The van der Waals surface area contributed by atoms with E-state index in [4.69, 9.17) is 0 Å². The molecule has 1 fully saturated rings. The summed E-state index contributed by atoms with van der Waals surface area (Å²) in [4.78, 5) is 0. The molecule has 1 heteroatoms. The Morgan fingerprint density at radius 3 is 1.45 bits per heavy atom. The first-order valence-electron chi connectivity index (χ1n) is 12.1. The molecule has 0 radical (unpaired) electrons. The Labute approximate surface area is 189 Å². The summed E-state index contributed by atoms with van der Waals surface area (Å²) in [5, 5.41) is 0. The maximum atomic E-state index is 2.54. The largest absolute Gasteiger partial charge is 0.0851 e. The summed E-state index contributed by atoms with van der Waals surface area (Å²) in [6, 6.07) is 39.3. The van der Waals surface area contributed by atoms with Crippen molar-refractivity contribution in [3.8, 4) is 0 Å². The third-order valence-electron chi connectivity index (χ3n) is 7.73. The van der Waals surface area contributed by atoms with Gasteiger partial charge in [-0.2, -0.15) is 0 Å². The van der Waals surface area contributed by atoms with E-state index in [0.717, 1.165) is 17.8 Å². The number of fused-ring (bicyclic) bond motifs is 2. The number of hydrogen-bond donors (Lipinski definition) is 0. The van der Waals surface area contributed by atoms with E-state index < -0.39 is 8.07 Å². The van der Waals surface area contributed by atoms with Crippen molar-refractivity contribution in [2.75, 3.05) is 0 Å². The second-order valence-corrected chi connectivity index (χ2v) is 14.6. The van der Waals surface area contributed by atoms with Crippen LogP contribution < -0.4 is 0 Å². The molecule has 0 amide bonds. The van der Waals surface area contributed by atoms with Crippen LogP contribution in [0, 0.1) is 17.8 Å². The van der Waals surface area contributed by atoms with Crippen molar-refractivity contribution >= 4 is 8.07 Å². The Hall–Kier alpha value is -2.38. The predicted octanol–water partition coefficient (Wildman–Crippen LogP) is 7.38. The van der Waals surface area contributed by atoms with Crippen LogP contribution in [0.2, 0.25) is 6.04 Å². The van der Waals surface area contributed by atoms with Gasteiger partial charge in [-0.1, -0.05) is 132 Å². The minimum atomic E-state index is -1.64. The molecule has 2 bridgehead atoms. The zero-order valence-corrected chi connectivity index (χ0v) is 19.5. The summed E-state index contributed by atoms with van der Waals surface area (Å²) in [5.41, 5.74) is 4.61. The third-order valence-corrected chi connectivity index (χ3v) is 12.6. The summed E-state index contributed by atoms with van der Waals surface area (Å²) in [5.74, 6) is 2.66. The van der Waals surface area contributed by atoms with Crippen LogP contribution in [0.5, 0.6) is 0 Å². The molecular weight excluding hydrogens is 388 g/mol. The quantitative estimate of drug-likeness (QED) is 0.249. The maximum absolute atomic E-state index is 2.54. The molecule has 0 saturated heterocycles. The lowest BCUT2D eigenvalue weighted by atomic mass is 9.91. The van der Waals surface area contributed by atoms with Gasteiger partial charge in [0, 0.05) is 0 Å². The lowest BCUT2D eigenvalue weighted by Crippen LogP contribution is -2.44. The van der Waals surface area contributed by atoms with Crippen molar-refractivity contribution in [3.63, 3.8) is 0 Å². The second-order valence-electron chi connectivity index (χ2n) is 10.1. The van der Waals surface area contributed by atoms with Gasteiger partial charge in [0.25, 0.3) is 0 Å². The minimum absolute atomic E-state index is 0.863. The summed E-state index contributed by atoms with van der Waals surface area (Å²) in [7, 11) is -1.64. The molecule has 0 heterocycles. The van der Waals surface area contributed by atoms with Gasteiger partial charge in [0.05, 0.1) is 8.07 Å². The normalized spacial score (nSPS) is 22.1. The maximum Gasteiger partial charge on any atom is 0.0666 e. The summed E-state index contributed by atoms with van der Waals surface area (Å²) in [6.07, 6.45) is 9.31. The number of rotatable bonds is 9. The Morgan fingerprint density at radius 2 is 1.06 bits per heavy atom. The Balaban J connectivity index is 1.45. The third kappa shape index (κ3) is 5.10. The van der Waals surface area contributed by atoms with Crippen LogP contribution in [0.15, 0.2) is 103 Å². The van der Waals surface area contributed by atoms with E-state index in [2.05, 4.69) is 103 Å². The Kier molecular flexibility index (Phi) is 6.22. The summed E-state index contributed by atoms with van der Waals surface area (Å²) < 4.78 is 0. The second kappa shape index (κ2) is 9.40. The molecule has 3 unspecified atom stereocenters. The molecule has 0 aromatic heterocycles. The van der Waals surface area contributed by atoms with E-state index in [1.165, 1.54) is 60.1 Å². The van der Waals surface area contributed by atoms with E-state index in [1.807, 2.05) is 0 Å². The van der Waals surface area contributed by atoms with Crippen LogP contribution in [0.3, 0.4) is 0 Å². The van der Waals surface area contributed by atoms with Gasteiger partial charge in [-0.15, -0.1) is 0 Å². The van der Waals surface area contributed by atoms with Gasteiger partial charge in [-0.05, 0) is 48.7 Å². The van der Waals surface area contributed by atoms with Crippen LogP contribution in [-0.4, -0.2) is 8.07 Å². The van der Waals surface area contributed by atoms with Gasteiger partial charge in [-0.25, -0.2) is 0 Å². The van der Waals surface area contributed by atoms with Crippen molar-refractivity contribution in [1.82, 2.24) is 0 Å². The van der Waals surface area contributed by atoms with E-state index in [1.54, 1.807) is 0 Å². The van der Waals surface area contributed by atoms with Crippen LogP contribution in [0.1, 0.15) is 36.0 Å². The lowest BCUT2D eigenvalue weighted by Gasteiger charge is -2.35. The van der Waals surface area contributed by atoms with Crippen molar-refractivity contribution < 1.29 is 0 Å². The molecular formula is C30H34Si. The van der Waals surface area contributed by atoms with E-state index >= 15 is 0 Å². The predicted molar refractivity (Wildman–Crippen MR) is 134 cm³/mol. The zero-order valence-electron chi connectivity index (χ0n) is 18.5. The molecule has 0 spiro atoms. The average molecular weight is 423 g/mol. The highest BCUT2D eigenvalue weighted by Gasteiger charge is 2.39. The minimum Gasteiger partial charge on any atom is -0.0851 e. The molecule has 0 N–H and O–H groups in total. The van der Waals surface area contributed by atoms with Crippen molar-refractivity contribution in [2.24, 2.45) is 17.8 Å². The fourth-order valence-electron chi connectivity index (χ4n) is 6.26. The molecule has 3 aromatic rings. The number of benzene rings is 3. The monoisotopic (exact) mass is 422 g/mol. The van der Waals surface area contributed by atoms with Crippen LogP contribution in [0.25, 0.3) is 0 Å². The Bertz CT molecular complexity index is 875. The molecule has 0 nitrogen and oxygen atoms in total. The van der Waals surface area contributed by atoms with Gasteiger partial charge in [0.1, 0.15) is 0 Å². The average Bonchev–Trinajstić information content (AvgIpc) is 3.43. The smallest absolute Gasteiger partial charge is 0.0666 e. The van der Waals surface area contributed by atoms with Gasteiger partial charge in [-0.3, -0.25) is 0 Å². The molecule has 3 atom stereocenters. The molecule has 3 aromatic carbocycles. The highest BCUT2D eigenvalue weighted by Crippen LogP contribution is 2.46.